The number of fused-ring (bicyclic) bond motifs is 4. The van der Waals surface area contributed by atoms with Crippen molar-refractivity contribution >= 4 is 45.6 Å². The van der Waals surface area contributed by atoms with Crippen LogP contribution in [0.25, 0.3) is 10.8 Å². The van der Waals surface area contributed by atoms with Crippen LogP contribution in [0.1, 0.15) is 40.9 Å². The zero-order valence-corrected chi connectivity index (χ0v) is 25.4. The van der Waals surface area contributed by atoms with Gasteiger partial charge in [-0.25, -0.2) is 0 Å². The maximum absolute atomic E-state index is 13.8. The lowest BCUT2D eigenvalue weighted by molar-refractivity contribution is -0.140. The monoisotopic (exact) mass is 625 g/mol. The molecule has 0 fully saturated rings. The zero-order valence-electron chi connectivity index (χ0n) is 24.6. The van der Waals surface area contributed by atoms with E-state index in [1.54, 1.807) is 6.07 Å². The third kappa shape index (κ3) is 4.89. The Balaban J connectivity index is 1.31. The number of ketones is 3. The topological polar surface area (TPSA) is 128 Å². The van der Waals surface area contributed by atoms with E-state index in [9.17, 15) is 24.3 Å². The molecule has 0 spiro atoms. The van der Waals surface area contributed by atoms with Gasteiger partial charge in [0.25, 0.3) is 5.91 Å². The van der Waals surface area contributed by atoms with Gasteiger partial charge in [0.1, 0.15) is 52.3 Å². The van der Waals surface area contributed by atoms with E-state index in [0.717, 1.165) is 34.9 Å². The molecule has 1 aliphatic carbocycles. The van der Waals surface area contributed by atoms with Crippen molar-refractivity contribution in [3.05, 3.63) is 106 Å². The number of halogens is 1. The van der Waals surface area contributed by atoms with Gasteiger partial charge in [0.05, 0.1) is 12.7 Å². The minimum atomic E-state index is -1.65. The first-order valence-corrected chi connectivity index (χ1v) is 14.5. The summed E-state index contributed by atoms with van der Waals surface area (Å²) in [5.41, 5.74) is -0.0716. The SMILES string of the molecule is COc1cc(O)c2c(c1C(=O)NCc1ccc(OCc3ccccc3Cl)c3ccccc13)OC1=CC(=O)C(C(C)=O)C(=O)[C@]12C. The first kappa shape index (κ1) is 29.9. The van der Waals surface area contributed by atoms with Crippen LogP contribution in [0.2, 0.25) is 5.02 Å². The summed E-state index contributed by atoms with van der Waals surface area (Å²) in [6, 6.07) is 20.0. The maximum Gasteiger partial charge on any atom is 0.259 e. The van der Waals surface area contributed by atoms with Gasteiger partial charge >= 0.3 is 0 Å². The lowest BCUT2D eigenvalue weighted by Gasteiger charge is -2.30. The molecule has 2 atom stereocenters. The van der Waals surface area contributed by atoms with Crippen LogP contribution in [0.4, 0.5) is 0 Å². The van der Waals surface area contributed by atoms with E-state index in [-0.39, 0.29) is 47.3 Å². The van der Waals surface area contributed by atoms with Crippen LogP contribution in [0, 0.1) is 5.92 Å². The van der Waals surface area contributed by atoms with Gasteiger partial charge in [0.2, 0.25) is 0 Å². The minimum absolute atomic E-state index is 0.00155. The van der Waals surface area contributed by atoms with Crippen molar-refractivity contribution in [3.8, 4) is 23.0 Å². The molecule has 0 saturated carbocycles. The van der Waals surface area contributed by atoms with Crippen molar-refractivity contribution in [1.29, 1.82) is 0 Å². The number of Topliss-reactive ketones (excluding diaryl/α,β-unsaturated/α-hetero) is 2. The predicted molar refractivity (Wildman–Crippen MR) is 166 cm³/mol. The zero-order chi connectivity index (χ0) is 32.0. The minimum Gasteiger partial charge on any atom is -0.507 e. The quantitative estimate of drug-likeness (QED) is 0.242. The maximum atomic E-state index is 13.8. The Hall–Kier alpha value is -5.15. The van der Waals surface area contributed by atoms with Crippen LogP contribution >= 0.6 is 11.6 Å². The number of hydrogen-bond donors (Lipinski definition) is 2. The number of methoxy groups -OCH3 is 1. The van der Waals surface area contributed by atoms with Crippen LogP contribution in [-0.2, 0) is 33.0 Å². The molecule has 4 aromatic carbocycles. The van der Waals surface area contributed by atoms with Crippen LogP contribution < -0.4 is 19.5 Å². The normalized spacial score (nSPS) is 18.5. The Labute approximate surface area is 263 Å². The number of carbonyl (C=O) groups excluding carboxylic acids is 4. The molecule has 4 aromatic rings. The highest BCUT2D eigenvalue weighted by atomic mass is 35.5. The van der Waals surface area contributed by atoms with Gasteiger partial charge in [-0.1, -0.05) is 60.1 Å². The third-order valence-corrected chi connectivity index (χ3v) is 8.72. The van der Waals surface area contributed by atoms with Gasteiger partial charge in [-0.2, -0.15) is 0 Å². The number of nitrogens with one attached hydrogen (secondary N) is 1. The van der Waals surface area contributed by atoms with E-state index in [4.69, 9.17) is 25.8 Å². The lowest BCUT2D eigenvalue weighted by Crippen LogP contribution is -2.47. The molecule has 228 valence electrons. The number of benzene rings is 4. The van der Waals surface area contributed by atoms with Gasteiger partial charge < -0.3 is 24.6 Å². The second-order valence-electron chi connectivity index (χ2n) is 11.1. The summed E-state index contributed by atoms with van der Waals surface area (Å²) < 4.78 is 17.5. The van der Waals surface area contributed by atoms with Crippen molar-refractivity contribution in [2.45, 2.75) is 32.4 Å². The van der Waals surface area contributed by atoms with Gasteiger partial charge in [-0.05, 0) is 36.9 Å². The first-order chi connectivity index (χ1) is 21.6. The van der Waals surface area contributed by atoms with E-state index in [1.807, 2.05) is 54.6 Å². The van der Waals surface area contributed by atoms with E-state index in [0.29, 0.717) is 10.8 Å². The van der Waals surface area contributed by atoms with Crippen LogP contribution in [0.15, 0.2) is 78.6 Å². The fraction of sp³-hybridized carbons (Fsp3) is 0.200. The van der Waals surface area contributed by atoms with Crippen molar-refractivity contribution in [3.63, 3.8) is 0 Å². The van der Waals surface area contributed by atoms with Crippen LogP contribution in [-0.4, -0.2) is 35.5 Å². The second-order valence-corrected chi connectivity index (χ2v) is 11.5. The Morgan fingerprint density at radius 1 is 1.00 bits per heavy atom. The number of allylic oxidation sites excluding steroid dienone is 2. The molecule has 0 saturated heterocycles. The van der Waals surface area contributed by atoms with Crippen molar-refractivity contribution in [2.24, 2.45) is 5.92 Å². The van der Waals surface area contributed by atoms with Crippen molar-refractivity contribution in [1.82, 2.24) is 5.32 Å². The lowest BCUT2D eigenvalue weighted by atomic mass is 9.67. The molecule has 1 amide bonds. The molecule has 45 heavy (non-hydrogen) atoms. The summed E-state index contributed by atoms with van der Waals surface area (Å²) in [6.45, 7) is 3.01. The summed E-state index contributed by atoms with van der Waals surface area (Å²) in [5.74, 6) is -4.09. The predicted octanol–water partition coefficient (Wildman–Crippen LogP) is 5.61. The highest BCUT2D eigenvalue weighted by Crippen LogP contribution is 2.56. The van der Waals surface area contributed by atoms with E-state index in [2.05, 4.69) is 5.32 Å². The third-order valence-electron chi connectivity index (χ3n) is 8.35. The average molecular weight is 626 g/mol. The number of amides is 1. The van der Waals surface area contributed by atoms with Gasteiger partial charge in [0.15, 0.2) is 17.3 Å². The molecule has 2 N–H and O–H groups in total. The molecule has 1 heterocycles. The number of phenols is 1. The standard InChI is InChI=1S/C35H28ClNO8/c1-18(38)29-24(39)15-28-35(2,33(29)41)31-25(40)14-27(43-3)30(32(31)45-28)34(42)37-16-19-12-13-26(22-10-6-5-9-21(19)22)44-17-20-8-4-7-11-23(20)36/h4-15,29,40H,16-17H2,1-3H3,(H,37,42)/t29?,35-/m1/s1. The summed E-state index contributed by atoms with van der Waals surface area (Å²) in [7, 11) is 1.33. The molecular formula is C35H28ClNO8. The number of hydrogen-bond acceptors (Lipinski definition) is 8. The number of aromatic hydroxyl groups is 1. The molecule has 0 aromatic heterocycles. The van der Waals surface area contributed by atoms with Gasteiger partial charge in [-0.15, -0.1) is 0 Å². The van der Waals surface area contributed by atoms with E-state index < -0.39 is 34.6 Å². The first-order valence-electron chi connectivity index (χ1n) is 14.1. The smallest absolute Gasteiger partial charge is 0.259 e. The molecular weight excluding hydrogens is 598 g/mol. The molecule has 2 aliphatic rings. The van der Waals surface area contributed by atoms with Gasteiger partial charge in [-0.3, -0.25) is 19.2 Å². The second kappa shape index (κ2) is 11.4. The molecule has 1 unspecified atom stereocenters. The largest absolute Gasteiger partial charge is 0.507 e. The Bertz CT molecular complexity index is 1970. The van der Waals surface area contributed by atoms with Crippen LogP contribution in [0.5, 0.6) is 23.0 Å². The molecule has 9 nitrogen and oxygen atoms in total. The number of carbonyl (C=O) groups is 4. The van der Waals surface area contributed by atoms with Crippen molar-refractivity contribution < 1.29 is 38.5 Å². The fourth-order valence-electron chi connectivity index (χ4n) is 6.00. The van der Waals surface area contributed by atoms with Crippen LogP contribution in [0.3, 0.4) is 0 Å². The highest BCUT2D eigenvalue weighted by molar-refractivity contribution is 6.31. The Morgan fingerprint density at radius 3 is 2.42 bits per heavy atom. The number of ether oxygens (including phenoxy) is 3. The molecule has 10 heteroatoms. The average Bonchev–Trinajstić information content (AvgIpc) is 3.32. The molecule has 1 aliphatic heterocycles. The molecule has 0 radical (unpaired) electrons. The van der Waals surface area contributed by atoms with Crippen molar-refractivity contribution in [2.75, 3.05) is 7.11 Å². The Morgan fingerprint density at radius 2 is 1.71 bits per heavy atom. The number of rotatable bonds is 8. The number of phenolic OH excluding ortho intramolecular Hbond substituents is 1. The Kier molecular flexibility index (Phi) is 7.58. The highest BCUT2D eigenvalue weighted by Gasteiger charge is 2.58. The summed E-state index contributed by atoms with van der Waals surface area (Å²) >= 11 is 6.30. The fourth-order valence-corrected chi connectivity index (χ4v) is 6.19. The van der Waals surface area contributed by atoms with Gasteiger partial charge in [0, 0.05) is 34.7 Å². The van der Waals surface area contributed by atoms with E-state index >= 15 is 0 Å². The summed E-state index contributed by atoms with van der Waals surface area (Å²) in [5, 5.41) is 16.2. The molecule has 6 rings (SSSR count). The summed E-state index contributed by atoms with van der Waals surface area (Å²) in [6.07, 6.45) is 1.09. The molecule has 0 bridgehead atoms. The van der Waals surface area contributed by atoms with E-state index in [1.165, 1.54) is 20.1 Å². The summed E-state index contributed by atoms with van der Waals surface area (Å²) in [4.78, 5) is 52.1.